The van der Waals surface area contributed by atoms with Gasteiger partial charge in [0.25, 0.3) is 0 Å². The van der Waals surface area contributed by atoms with E-state index in [2.05, 4.69) is 5.32 Å². The Morgan fingerprint density at radius 2 is 2.24 bits per heavy atom. The third kappa shape index (κ3) is 3.62. The number of nitrogens with zero attached hydrogens (tertiary/aromatic N) is 1. The second-order valence-electron chi connectivity index (χ2n) is 4.48. The van der Waals surface area contributed by atoms with Crippen LogP contribution in [0, 0.1) is 16.7 Å². The van der Waals surface area contributed by atoms with Gasteiger partial charge in [0.15, 0.2) is 0 Å². The van der Waals surface area contributed by atoms with Crippen LogP contribution in [0.4, 0.5) is 5.69 Å². The number of benzene rings is 1. The standard InChI is InChI=1S/C13H17ClN2O/c1-3-13(2,9-17)8-16-11-5-4-10(7-15)12(14)6-11/h4-6,16-17H,3,8-9H2,1-2H3. The average Bonchev–Trinajstić information content (AvgIpc) is 2.36. The van der Waals surface area contributed by atoms with Crippen LogP contribution in [-0.2, 0) is 0 Å². The lowest BCUT2D eigenvalue weighted by Gasteiger charge is -2.26. The molecule has 4 heteroatoms. The van der Waals surface area contributed by atoms with E-state index in [9.17, 15) is 5.11 Å². The van der Waals surface area contributed by atoms with Crippen molar-refractivity contribution >= 4 is 17.3 Å². The summed E-state index contributed by atoms with van der Waals surface area (Å²) in [4.78, 5) is 0. The molecule has 1 atom stereocenters. The molecule has 0 aliphatic carbocycles. The quantitative estimate of drug-likeness (QED) is 0.847. The molecule has 0 fully saturated rings. The van der Waals surface area contributed by atoms with E-state index in [1.54, 1.807) is 12.1 Å². The van der Waals surface area contributed by atoms with Gasteiger partial charge in [-0.2, -0.15) is 5.26 Å². The summed E-state index contributed by atoms with van der Waals surface area (Å²) in [5.74, 6) is 0. The zero-order valence-electron chi connectivity index (χ0n) is 10.1. The summed E-state index contributed by atoms with van der Waals surface area (Å²) in [7, 11) is 0. The van der Waals surface area contributed by atoms with Crippen molar-refractivity contribution in [2.24, 2.45) is 5.41 Å². The third-order valence-corrected chi connectivity index (χ3v) is 3.36. The van der Waals surface area contributed by atoms with Crippen molar-refractivity contribution in [3.05, 3.63) is 28.8 Å². The van der Waals surface area contributed by atoms with Crippen molar-refractivity contribution in [3.8, 4) is 6.07 Å². The third-order valence-electron chi connectivity index (χ3n) is 3.04. The van der Waals surface area contributed by atoms with Crippen LogP contribution in [0.1, 0.15) is 25.8 Å². The first kappa shape index (κ1) is 13.8. The van der Waals surface area contributed by atoms with Gasteiger partial charge in [-0.15, -0.1) is 0 Å². The first-order chi connectivity index (χ1) is 8.04. The predicted molar refractivity (Wildman–Crippen MR) is 70.1 cm³/mol. The SMILES string of the molecule is CCC(C)(CO)CNc1ccc(C#N)c(Cl)c1. The summed E-state index contributed by atoms with van der Waals surface area (Å²) >= 11 is 5.94. The number of rotatable bonds is 5. The molecule has 0 heterocycles. The topological polar surface area (TPSA) is 56.0 Å². The number of nitrogens with one attached hydrogen (secondary N) is 1. The average molecular weight is 253 g/mol. The molecule has 0 amide bonds. The fraction of sp³-hybridized carbons (Fsp3) is 0.462. The number of hydrogen-bond acceptors (Lipinski definition) is 3. The fourth-order valence-corrected chi connectivity index (χ4v) is 1.55. The van der Waals surface area contributed by atoms with Crippen LogP contribution in [0.25, 0.3) is 0 Å². The molecule has 0 spiro atoms. The molecule has 0 radical (unpaired) electrons. The maximum atomic E-state index is 9.29. The maximum absolute atomic E-state index is 9.29. The number of anilines is 1. The summed E-state index contributed by atoms with van der Waals surface area (Å²) in [6.45, 7) is 4.87. The minimum atomic E-state index is -0.139. The Morgan fingerprint density at radius 3 is 2.71 bits per heavy atom. The molecule has 1 rings (SSSR count). The Bertz CT molecular complexity index is 422. The number of halogens is 1. The highest BCUT2D eigenvalue weighted by molar-refractivity contribution is 6.32. The molecule has 1 unspecified atom stereocenters. The molecule has 0 aromatic heterocycles. The van der Waals surface area contributed by atoms with E-state index in [0.717, 1.165) is 12.1 Å². The van der Waals surface area contributed by atoms with Gasteiger partial charge in [-0.3, -0.25) is 0 Å². The van der Waals surface area contributed by atoms with Gasteiger partial charge in [-0.1, -0.05) is 25.4 Å². The Balaban J connectivity index is 2.71. The fourth-order valence-electron chi connectivity index (χ4n) is 1.32. The van der Waals surface area contributed by atoms with Gasteiger partial charge in [0.2, 0.25) is 0 Å². The van der Waals surface area contributed by atoms with Crippen molar-refractivity contribution < 1.29 is 5.11 Å². The summed E-state index contributed by atoms with van der Waals surface area (Å²) in [6.07, 6.45) is 0.889. The molecular formula is C13H17ClN2O. The maximum Gasteiger partial charge on any atom is 0.101 e. The van der Waals surface area contributed by atoms with Gasteiger partial charge in [0.05, 0.1) is 17.2 Å². The highest BCUT2D eigenvalue weighted by Crippen LogP contribution is 2.24. The molecule has 0 bridgehead atoms. The minimum absolute atomic E-state index is 0.139. The number of nitriles is 1. The molecule has 1 aromatic rings. The van der Waals surface area contributed by atoms with E-state index in [4.69, 9.17) is 16.9 Å². The van der Waals surface area contributed by atoms with Crippen LogP contribution in [0.15, 0.2) is 18.2 Å². The van der Waals surface area contributed by atoms with E-state index in [-0.39, 0.29) is 12.0 Å². The smallest absolute Gasteiger partial charge is 0.101 e. The van der Waals surface area contributed by atoms with E-state index in [1.807, 2.05) is 26.0 Å². The van der Waals surface area contributed by atoms with Gasteiger partial charge >= 0.3 is 0 Å². The lowest BCUT2D eigenvalue weighted by atomic mass is 9.88. The first-order valence-electron chi connectivity index (χ1n) is 5.59. The van der Waals surface area contributed by atoms with Gasteiger partial charge in [0.1, 0.15) is 6.07 Å². The lowest BCUT2D eigenvalue weighted by Crippen LogP contribution is -2.29. The van der Waals surface area contributed by atoms with Crippen LogP contribution in [-0.4, -0.2) is 18.3 Å². The van der Waals surface area contributed by atoms with E-state index >= 15 is 0 Å². The van der Waals surface area contributed by atoms with Crippen molar-refractivity contribution in [1.82, 2.24) is 0 Å². The lowest BCUT2D eigenvalue weighted by molar-refractivity contribution is 0.149. The van der Waals surface area contributed by atoms with Crippen molar-refractivity contribution in [2.75, 3.05) is 18.5 Å². The molecule has 0 aliphatic heterocycles. The molecule has 3 nitrogen and oxygen atoms in total. The van der Waals surface area contributed by atoms with Gasteiger partial charge < -0.3 is 10.4 Å². The Labute approximate surface area is 107 Å². The monoisotopic (exact) mass is 252 g/mol. The number of aliphatic hydroxyl groups is 1. The zero-order chi connectivity index (χ0) is 12.9. The molecule has 2 N–H and O–H groups in total. The zero-order valence-corrected chi connectivity index (χ0v) is 10.9. The summed E-state index contributed by atoms with van der Waals surface area (Å²) in [5, 5.41) is 21.7. The minimum Gasteiger partial charge on any atom is -0.396 e. The van der Waals surface area contributed by atoms with E-state index in [0.29, 0.717) is 17.1 Å². The highest BCUT2D eigenvalue weighted by Gasteiger charge is 2.20. The highest BCUT2D eigenvalue weighted by atomic mass is 35.5. The molecule has 0 saturated carbocycles. The van der Waals surface area contributed by atoms with E-state index in [1.165, 1.54) is 0 Å². The molecular weight excluding hydrogens is 236 g/mol. The summed E-state index contributed by atoms with van der Waals surface area (Å²) in [6, 6.07) is 7.25. The van der Waals surface area contributed by atoms with Crippen LogP contribution in [0.3, 0.4) is 0 Å². The Hall–Kier alpha value is -1.24. The second kappa shape index (κ2) is 5.90. The number of hydrogen-bond donors (Lipinski definition) is 2. The normalized spacial score (nSPS) is 13.8. The molecule has 1 aromatic carbocycles. The first-order valence-corrected chi connectivity index (χ1v) is 5.97. The van der Waals surface area contributed by atoms with Gasteiger partial charge in [-0.05, 0) is 24.6 Å². The largest absolute Gasteiger partial charge is 0.396 e. The molecule has 92 valence electrons. The second-order valence-corrected chi connectivity index (χ2v) is 4.89. The van der Waals surface area contributed by atoms with Crippen LogP contribution >= 0.6 is 11.6 Å². The predicted octanol–water partition coefficient (Wildman–Crippen LogP) is 3.03. The van der Waals surface area contributed by atoms with Crippen molar-refractivity contribution in [1.29, 1.82) is 5.26 Å². The van der Waals surface area contributed by atoms with Gasteiger partial charge in [0, 0.05) is 17.6 Å². The van der Waals surface area contributed by atoms with Crippen LogP contribution in [0.2, 0.25) is 5.02 Å². The van der Waals surface area contributed by atoms with E-state index < -0.39 is 0 Å². The van der Waals surface area contributed by atoms with Crippen molar-refractivity contribution in [2.45, 2.75) is 20.3 Å². The molecule has 17 heavy (non-hydrogen) atoms. The molecule has 0 aliphatic rings. The van der Waals surface area contributed by atoms with Crippen LogP contribution < -0.4 is 5.32 Å². The summed E-state index contributed by atoms with van der Waals surface area (Å²) < 4.78 is 0. The number of aliphatic hydroxyl groups excluding tert-OH is 1. The Morgan fingerprint density at radius 1 is 1.53 bits per heavy atom. The van der Waals surface area contributed by atoms with Crippen molar-refractivity contribution in [3.63, 3.8) is 0 Å². The summed E-state index contributed by atoms with van der Waals surface area (Å²) in [5.41, 5.74) is 1.19. The molecule has 0 saturated heterocycles. The Kier molecular flexibility index (Phi) is 4.80. The van der Waals surface area contributed by atoms with Gasteiger partial charge in [-0.25, -0.2) is 0 Å². The van der Waals surface area contributed by atoms with Crippen LogP contribution in [0.5, 0.6) is 0 Å².